The van der Waals surface area contributed by atoms with Crippen LogP contribution in [0.2, 0.25) is 0 Å². The molecule has 0 radical (unpaired) electrons. The van der Waals surface area contributed by atoms with Crippen molar-refractivity contribution in [3.05, 3.63) is 35.9 Å². The van der Waals surface area contributed by atoms with Crippen LogP contribution >= 0.6 is 11.8 Å². The summed E-state index contributed by atoms with van der Waals surface area (Å²) in [5.74, 6) is 1.65. The van der Waals surface area contributed by atoms with E-state index in [1.54, 1.807) is 0 Å². The van der Waals surface area contributed by atoms with Gasteiger partial charge in [-0.2, -0.15) is 11.8 Å². The Bertz CT molecular complexity index is 324. The molecule has 1 saturated heterocycles. The van der Waals surface area contributed by atoms with Gasteiger partial charge in [-0.15, -0.1) is 0 Å². The molecule has 1 aromatic rings. The normalized spacial score (nSPS) is 23.5. The lowest BCUT2D eigenvalue weighted by Crippen LogP contribution is -2.22. The highest BCUT2D eigenvalue weighted by atomic mass is 32.2. The minimum absolute atomic E-state index is 0.240. The monoisotopic (exact) mass is 238 g/mol. The van der Waals surface area contributed by atoms with E-state index in [0.29, 0.717) is 0 Å². The van der Waals surface area contributed by atoms with Crippen molar-refractivity contribution < 1.29 is 9.47 Å². The van der Waals surface area contributed by atoms with Crippen molar-refractivity contribution in [2.24, 2.45) is 0 Å². The van der Waals surface area contributed by atoms with Crippen LogP contribution in [0.1, 0.15) is 19.4 Å². The maximum atomic E-state index is 5.74. The number of thioether (sulfide) groups is 1. The molecular weight excluding hydrogens is 220 g/mol. The van der Waals surface area contributed by atoms with E-state index in [1.807, 2.05) is 31.7 Å². The molecule has 0 unspecified atom stereocenters. The molecule has 1 fully saturated rings. The molecule has 0 N–H and O–H groups in total. The van der Waals surface area contributed by atoms with Crippen LogP contribution in [0.4, 0.5) is 0 Å². The van der Waals surface area contributed by atoms with Crippen LogP contribution in [0.5, 0.6) is 0 Å². The number of hydrogen-bond donors (Lipinski definition) is 0. The van der Waals surface area contributed by atoms with E-state index in [4.69, 9.17) is 9.47 Å². The van der Waals surface area contributed by atoms with Gasteiger partial charge in [-0.1, -0.05) is 30.3 Å². The highest BCUT2D eigenvalue weighted by molar-refractivity contribution is 7.98. The van der Waals surface area contributed by atoms with Crippen LogP contribution in [0, 0.1) is 0 Å². The van der Waals surface area contributed by atoms with Gasteiger partial charge in [0, 0.05) is 11.5 Å². The molecule has 1 aliphatic heterocycles. The number of benzene rings is 1. The van der Waals surface area contributed by atoms with Crippen molar-refractivity contribution in [3.63, 3.8) is 0 Å². The number of hydrogen-bond acceptors (Lipinski definition) is 3. The Balaban J connectivity index is 1.70. The highest BCUT2D eigenvalue weighted by Crippen LogP contribution is 2.25. The summed E-state index contributed by atoms with van der Waals surface area (Å²) in [6, 6.07) is 10.5. The fraction of sp³-hybridized carbons (Fsp3) is 0.538. The zero-order valence-electron chi connectivity index (χ0n) is 9.81. The van der Waals surface area contributed by atoms with E-state index in [-0.39, 0.29) is 6.10 Å². The molecule has 1 atom stereocenters. The predicted octanol–water partition coefficient (Wildman–Crippen LogP) is 3.07. The zero-order valence-corrected chi connectivity index (χ0v) is 10.6. The second-order valence-electron chi connectivity index (χ2n) is 4.45. The molecule has 88 valence electrons. The Morgan fingerprint density at radius 3 is 2.69 bits per heavy atom. The molecule has 0 bridgehead atoms. The van der Waals surface area contributed by atoms with E-state index < -0.39 is 5.79 Å². The van der Waals surface area contributed by atoms with E-state index in [9.17, 15) is 0 Å². The molecule has 0 spiro atoms. The standard InChI is InChI=1S/C13H18O2S/c1-13(2)14-8-12(15-13)10-16-9-11-6-4-3-5-7-11/h3-7,12H,8-10H2,1-2H3/t12-/m1/s1. The van der Waals surface area contributed by atoms with Crippen molar-refractivity contribution in [1.29, 1.82) is 0 Å². The van der Waals surface area contributed by atoms with Crippen LogP contribution in [0.15, 0.2) is 30.3 Å². The van der Waals surface area contributed by atoms with Crippen LogP contribution in [0.25, 0.3) is 0 Å². The Hall–Kier alpha value is -0.510. The first-order chi connectivity index (χ1) is 7.66. The lowest BCUT2D eigenvalue weighted by Gasteiger charge is -2.16. The van der Waals surface area contributed by atoms with E-state index in [0.717, 1.165) is 18.1 Å². The third kappa shape index (κ3) is 3.51. The molecule has 2 nitrogen and oxygen atoms in total. The first-order valence-corrected chi connectivity index (χ1v) is 6.75. The molecule has 3 heteroatoms. The van der Waals surface area contributed by atoms with Gasteiger partial charge in [0.05, 0.1) is 12.7 Å². The minimum Gasteiger partial charge on any atom is -0.348 e. The largest absolute Gasteiger partial charge is 0.348 e. The van der Waals surface area contributed by atoms with E-state index in [1.165, 1.54) is 5.56 Å². The fourth-order valence-electron chi connectivity index (χ4n) is 1.73. The van der Waals surface area contributed by atoms with E-state index in [2.05, 4.69) is 24.3 Å². The number of rotatable bonds is 4. The van der Waals surface area contributed by atoms with Gasteiger partial charge >= 0.3 is 0 Å². The summed E-state index contributed by atoms with van der Waals surface area (Å²) in [4.78, 5) is 0. The first kappa shape index (κ1) is 12.0. The Kier molecular flexibility index (Phi) is 3.90. The molecule has 1 heterocycles. The maximum absolute atomic E-state index is 5.74. The summed E-state index contributed by atoms with van der Waals surface area (Å²) >= 11 is 1.90. The van der Waals surface area contributed by atoms with Gasteiger partial charge in [0.2, 0.25) is 0 Å². The second kappa shape index (κ2) is 5.21. The lowest BCUT2D eigenvalue weighted by molar-refractivity contribution is -0.135. The third-order valence-electron chi connectivity index (χ3n) is 2.48. The Morgan fingerprint density at radius 2 is 2.06 bits per heavy atom. The van der Waals surface area contributed by atoms with Crippen molar-refractivity contribution in [2.75, 3.05) is 12.4 Å². The molecular formula is C13H18O2S. The average molecular weight is 238 g/mol. The Morgan fingerprint density at radius 1 is 1.31 bits per heavy atom. The van der Waals surface area contributed by atoms with E-state index >= 15 is 0 Å². The summed E-state index contributed by atoms with van der Waals surface area (Å²) in [5, 5.41) is 0. The van der Waals surface area contributed by atoms with Gasteiger partial charge < -0.3 is 9.47 Å². The lowest BCUT2D eigenvalue weighted by atomic mass is 10.2. The molecule has 1 aromatic carbocycles. The zero-order chi connectivity index (χ0) is 11.4. The van der Waals surface area contributed by atoms with Gasteiger partial charge in [0.15, 0.2) is 5.79 Å². The fourth-order valence-corrected chi connectivity index (χ4v) is 2.70. The predicted molar refractivity (Wildman–Crippen MR) is 67.5 cm³/mol. The first-order valence-electron chi connectivity index (χ1n) is 5.59. The summed E-state index contributed by atoms with van der Waals surface area (Å²) in [7, 11) is 0. The average Bonchev–Trinajstić information content (AvgIpc) is 2.60. The molecule has 0 aliphatic carbocycles. The second-order valence-corrected chi connectivity index (χ2v) is 5.48. The summed E-state index contributed by atoms with van der Waals surface area (Å²) in [6.07, 6.45) is 0.240. The van der Waals surface area contributed by atoms with Gasteiger partial charge in [-0.05, 0) is 19.4 Å². The summed E-state index contributed by atoms with van der Waals surface area (Å²) in [6.45, 7) is 4.65. The minimum atomic E-state index is -0.391. The molecule has 0 saturated carbocycles. The van der Waals surface area contributed by atoms with Crippen LogP contribution in [-0.2, 0) is 15.2 Å². The van der Waals surface area contributed by atoms with Crippen molar-refractivity contribution in [1.82, 2.24) is 0 Å². The van der Waals surface area contributed by atoms with Gasteiger partial charge in [-0.3, -0.25) is 0 Å². The summed E-state index contributed by atoms with van der Waals surface area (Å²) < 4.78 is 11.3. The topological polar surface area (TPSA) is 18.5 Å². The van der Waals surface area contributed by atoms with Crippen molar-refractivity contribution in [2.45, 2.75) is 31.5 Å². The van der Waals surface area contributed by atoms with Crippen LogP contribution < -0.4 is 0 Å². The molecule has 0 amide bonds. The molecule has 1 aliphatic rings. The summed E-state index contributed by atoms with van der Waals surface area (Å²) in [5.41, 5.74) is 1.37. The van der Waals surface area contributed by atoms with Gasteiger partial charge in [0.1, 0.15) is 0 Å². The molecule has 2 rings (SSSR count). The molecule has 16 heavy (non-hydrogen) atoms. The smallest absolute Gasteiger partial charge is 0.163 e. The van der Waals surface area contributed by atoms with Crippen LogP contribution in [0.3, 0.4) is 0 Å². The Labute approximate surface area is 101 Å². The van der Waals surface area contributed by atoms with Crippen molar-refractivity contribution >= 4 is 11.8 Å². The highest BCUT2D eigenvalue weighted by Gasteiger charge is 2.32. The molecule has 0 aromatic heterocycles. The SMILES string of the molecule is CC1(C)OC[C@H](CSCc2ccccc2)O1. The van der Waals surface area contributed by atoms with Gasteiger partial charge in [-0.25, -0.2) is 0 Å². The van der Waals surface area contributed by atoms with Gasteiger partial charge in [0.25, 0.3) is 0 Å². The quantitative estimate of drug-likeness (QED) is 0.803. The van der Waals surface area contributed by atoms with Crippen molar-refractivity contribution in [3.8, 4) is 0 Å². The number of ether oxygens (including phenoxy) is 2. The maximum Gasteiger partial charge on any atom is 0.163 e. The van der Waals surface area contributed by atoms with Crippen LogP contribution in [-0.4, -0.2) is 24.3 Å². The third-order valence-corrected chi connectivity index (χ3v) is 3.63.